The fraction of sp³-hybridized carbons (Fsp3) is 0.611. The molecule has 2 aliphatic heterocycles. The molecular weight excluding hydrogens is 314 g/mol. The number of aromatic nitrogens is 3. The van der Waals surface area contributed by atoms with Crippen molar-refractivity contribution in [3.63, 3.8) is 0 Å². The highest BCUT2D eigenvalue weighted by atomic mass is 15.4. The molecule has 4 atom stereocenters. The number of nitrogens with one attached hydrogen (secondary N) is 3. The Morgan fingerprint density at radius 2 is 2.20 bits per heavy atom. The highest BCUT2D eigenvalue weighted by Gasteiger charge is 2.34. The minimum absolute atomic E-state index is 0.309. The van der Waals surface area contributed by atoms with Gasteiger partial charge >= 0.3 is 0 Å². The summed E-state index contributed by atoms with van der Waals surface area (Å²) in [5, 5.41) is 9.04. The van der Waals surface area contributed by atoms with E-state index in [2.05, 4.69) is 38.1 Å². The number of aromatic amines is 1. The van der Waals surface area contributed by atoms with Crippen molar-refractivity contribution in [2.75, 3.05) is 19.6 Å². The summed E-state index contributed by atoms with van der Waals surface area (Å²) in [4.78, 5) is 14.6. The molecule has 0 amide bonds. The van der Waals surface area contributed by atoms with E-state index < -0.39 is 0 Å². The van der Waals surface area contributed by atoms with E-state index in [0.29, 0.717) is 17.9 Å². The van der Waals surface area contributed by atoms with Gasteiger partial charge in [-0.15, -0.1) is 0 Å². The Morgan fingerprint density at radius 3 is 3.08 bits per heavy atom. The van der Waals surface area contributed by atoms with E-state index in [0.717, 1.165) is 49.0 Å². The number of hydrogen-bond acceptors (Lipinski definition) is 6. The van der Waals surface area contributed by atoms with Crippen molar-refractivity contribution < 1.29 is 0 Å². The molecule has 2 aromatic rings. The van der Waals surface area contributed by atoms with Gasteiger partial charge in [0.25, 0.3) is 0 Å². The lowest BCUT2D eigenvalue weighted by molar-refractivity contribution is 0.302. The van der Waals surface area contributed by atoms with E-state index in [9.17, 15) is 0 Å². The average molecular weight is 337 g/mol. The molecule has 3 aliphatic rings. The SMILES string of the molecule is N#CN1CCC(c2nc3ncc(C4CCC5NNCC5C4)cc3[nH]2)C1. The standard InChI is InChI=1S/C18H23N7/c19-10-25-4-3-12(9-25)17-22-16-6-13(7-20-18(16)23-17)11-1-2-15-14(5-11)8-21-24-15/h6-7,11-12,14-15,21,24H,1-5,8-9H2,(H,20,22,23). The molecule has 1 saturated carbocycles. The summed E-state index contributed by atoms with van der Waals surface area (Å²) in [6, 6.07) is 2.88. The molecule has 2 saturated heterocycles. The van der Waals surface area contributed by atoms with Crippen LogP contribution >= 0.6 is 0 Å². The fourth-order valence-electron chi connectivity index (χ4n) is 4.73. The normalized spacial score (nSPS) is 32.0. The van der Waals surface area contributed by atoms with Crippen molar-refractivity contribution in [1.82, 2.24) is 30.7 Å². The zero-order valence-electron chi connectivity index (χ0n) is 14.2. The summed E-state index contributed by atoms with van der Waals surface area (Å²) in [6.45, 7) is 2.65. The number of imidazole rings is 1. The lowest BCUT2D eigenvalue weighted by Crippen LogP contribution is -2.34. The predicted octanol–water partition coefficient (Wildman–Crippen LogP) is 1.59. The molecule has 4 unspecified atom stereocenters. The number of nitriles is 1. The van der Waals surface area contributed by atoms with E-state index in [1.165, 1.54) is 24.8 Å². The third kappa shape index (κ3) is 2.66. The Bertz CT molecular complexity index is 822. The zero-order chi connectivity index (χ0) is 16.8. The van der Waals surface area contributed by atoms with Gasteiger partial charge in [-0.25, -0.2) is 9.97 Å². The minimum atomic E-state index is 0.309. The Hall–Kier alpha value is -2.17. The first-order chi connectivity index (χ1) is 12.3. The summed E-state index contributed by atoms with van der Waals surface area (Å²) in [5.74, 6) is 2.60. The van der Waals surface area contributed by atoms with Gasteiger partial charge in [-0.1, -0.05) is 0 Å². The molecule has 0 aromatic carbocycles. The first-order valence-corrected chi connectivity index (χ1v) is 9.29. The van der Waals surface area contributed by atoms with Crippen molar-refractivity contribution in [2.24, 2.45) is 5.92 Å². The lowest BCUT2D eigenvalue weighted by atomic mass is 9.76. The van der Waals surface area contributed by atoms with E-state index in [-0.39, 0.29) is 0 Å². The van der Waals surface area contributed by atoms with Gasteiger partial charge in [-0.3, -0.25) is 10.9 Å². The number of rotatable bonds is 2. The van der Waals surface area contributed by atoms with Crippen molar-refractivity contribution in [3.8, 4) is 6.19 Å². The van der Waals surface area contributed by atoms with E-state index in [1.54, 1.807) is 4.90 Å². The number of hydrazine groups is 1. The molecule has 7 heteroatoms. The highest BCUT2D eigenvalue weighted by molar-refractivity contribution is 5.71. The van der Waals surface area contributed by atoms with Gasteiger partial charge in [0.1, 0.15) is 5.82 Å². The average Bonchev–Trinajstić information content (AvgIpc) is 3.37. The van der Waals surface area contributed by atoms with Crippen LogP contribution in [0.15, 0.2) is 12.3 Å². The first kappa shape index (κ1) is 15.1. The highest BCUT2D eigenvalue weighted by Crippen LogP contribution is 2.38. The first-order valence-electron chi connectivity index (χ1n) is 9.29. The summed E-state index contributed by atoms with van der Waals surface area (Å²) < 4.78 is 0. The molecule has 25 heavy (non-hydrogen) atoms. The van der Waals surface area contributed by atoms with Crippen LogP contribution in [0.3, 0.4) is 0 Å². The molecule has 1 aliphatic carbocycles. The van der Waals surface area contributed by atoms with Crippen LogP contribution in [-0.2, 0) is 0 Å². The lowest BCUT2D eigenvalue weighted by Gasteiger charge is -2.30. The van der Waals surface area contributed by atoms with Gasteiger partial charge in [0.2, 0.25) is 0 Å². The molecule has 0 spiro atoms. The molecule has 0 bridgehead atoms. The monoisotopic (exact) mass is 337 g/mol. The van der Waals surface area contributed by atoms with Crippen LogP contribution in [0, 0.1) is 17.4 Å². The summed E-state index contributed by atoms with van der Waals surface area (Å²) >= 11 is 0. The number of nitrogens with zero attached hydrogens (tertiary/aromatic N) is 4. The number of pyridine rings is 1. The van der Waals surface area contributed by atoms with Gasteiger partial charge in [-0.2, -0.15) is 5.26 Å². The van der Waals surface area contributed by atoms with Crippen LogP contribution < -0.4 is 10.9 Å². The molecule has 5 rings (SSSR count). The summed E-state index contributed by atoms with van der Waals surface area (Å²) in [7, 11) is 0. The van der Waals surface area contributed by atoms with Crippen LogP contribution in [0.25, 0.3) is 11.2 Å². The predicted molar refractivity (Wildman–Crippen MR) is 93.4 cm³/mol. The number of likely N-dealkylation sites (tertiary alicyclic amines) is 1. The second kappa shape index (κ2) is 5.97. The van der Waals surface area contributed by atoms with Crippen LogP contribution in [0.5, 0.6) is 0 Å². The van der Waals surface area contributed by atoms with E-state index in [1.807, 2.05) is 6.20 Å². The quantitative estimate of drug-likeness (QED) is 0.721. The summed E-state index contributed by atoms with van der Waals surface area (Å²) in [5.41, 5.74) is 9.86. The Labute approximate surface area is 146 Å². The molecule has 4 heterocycles. The van der Waals surface area contributed by atoms with Gasteiger partial charge in [0.15, 0.2) is 11.8 Å². The third-order valence-electron chi connectivity index (χ3n) is 6.20. The van der Waals surface area contributed by atoms with Crippen molar-refractivity contribution in [3.05, 3.63) is 23.7 Å². The minimum Gasteiger partial charge on any atom is -0.340 e. The van der Waals surface area contributed by atoms with Crippen molar-refractivity contribution >= 4 is 11.2 Å². The molecule has 130 valence electrons. The Morgan fingerprint density at radius 1 is 1.24 bits per heavy atom. The second-order valence-corrected chi connectivity index (χ2v) is 7.70. The zero-order valence-corrected chi connectivity index (χ0v) is 14.2. The van der Waals surface area contributed by atoms with Gasteiger partial charge < -0.3 is 9.88 Å². The van der Waals surface area contributed by atoms with Gasteiger partial charge in [0, 0.05) is 37.8 Å². The molecule has 2 aromatic heterocycles. The number of H-pyrrole nitrogens is 1. The maximum absolute atomic E-state index is 9.04. The number of hydrogen-bond donors (Lipinski definition) is 3. The molecular formula is C18H23N7. The van der Waals surface area contributed by atoms with Gasteiger partial charge in [0.05, 0.1) is 5.52 Å². The molecule has 3 N–H and O–H groups in total. The topological polar surface area (TPSA) is 92.7 Å². The number of fused-ring (bicyclic) bond motifs is 2. The van der Waals surface area contributed by atoms with Crippen LogP contribution in [0.1, 0.15) is 48.9 Å². The van der Waals surface area contributed by atoms with Crippen LogP contribution in [0.4, 0.5) is 0 Å². The summed E-state index contributed by atoms with van der Waals surface area (Å²) in [6.07, 6.45) is 8.89. The van der Waals surface area contributed by atoms with Crippen LogP contribution in [-0.4, -0.2) is 45.5 Å². The largest absolute Gasteiger partial charge is 0.340 e. The Balaban J connectivity index is 1.38. The second-order valence-electron chi connectivity index (χ2n) is 7.70. The van der Waals surface area contributed by atoms with Crippen molar-refractivity contribution in [2.45, 2.75) is 43.6 Å². The van der Waals surface area contributed by atoms with Gasteiger partial charge in [-0.05, 0) is 49.1 Å². The fourth-order valence-corrected chi connectivity index (χ4v) is 4.73. The maximum Gasteiger partial charge on any atom is 0.179 e. The smallest absolute Gasteiger partial charge is 0.179 e. The maximum atomic E-state index is 9.04. The molecule has 7 nitrogen and oxygen atoms in total. The Kier molecular flexibility index (Phi) is 3.61. The molecule has 0 radical (unpaired) electrons. The van der Waals surface area contributed by atoms with Crippen molar-refractivity contribution in [1.29, 1.82) is 5.26 Å². The third-order valence-corrected chi connectivity index (χ3v) is 6.20. The van der Waals surface area contributed by atoms with Crippen LogP contribution in [0.2, 0.25) is 0 Å². The molecule has 3 fully saturated rings. The van der Waals surface area contributed by atoms with E-state index in [4.69, 9.17) is 5.26 Å². The van der Waals surface area contributed by atoms with E-state index >= 15 is 0 Å².